The van der Waals surface area contributed by atoms with Crippen LogP contribution in [0.2, 0.25) is 0 Å². The van der Waals surface area contributed by atoms with Crippen molar-refractivity contribution in [3.63, 3.8) is 0 Å². The van der Waals surface area contributed by atoms with E-state index < -0.39 is 5.60 Å². The van der Waals surface area contributed by atoms with Crippen molar-refractivity contribution in [1.82, 2.24) is 14.9 Å². The van der Waals surface area contributed by atoms with Gasteiger partial charge in [-0.15, -0.1) is 0 Å². The molecule has 21 heavy (non-hydrogen) atoms. The van der Waals surface area contributed by atoms with Gasteiger partial charge in [-0.2, -0.15) is 0 Å². The van der Waals surface area contributed by atoms with Crippen LogP contribution in [0.25, 0.3) is 5.69 Å². The van der Waals surface area contributed by atoms with Crippen molar-refractivity contribution >= 4 is 6.09 Å². The predicted molar refractivity (Wildman–Crippen MR) is 81.5 cm³/mol. The fraction of sp³-hybridized carbons (Fsp3) is 0.375. The van der Waals surface area contributed by atoms with Gasteiger partial charge in [0.05, 0.1) is 6.33 Å². The zero-order valence-corrected chi connectivity index (χ0v) is 12.7. The molecule has 0 bridgehead atoms. The van der Waals surface area contributed by atoms with Gasteiger partial charge in [-0.1, -0.05) is 12.1 Å². The number of carbonyl (C=O) groups excluding carboxylic acids is 1. The smallest absolute Gasteiger partial charge is 0.407 e. The third-order valence-electron chi connectivity index (χ3n) is 2.82. The van der Waals surface area contributed by atoms with E-state index in [1.165, 1.54) is 0 Å². The second-order valence-electron chi connectivity index (χ2n) is 5.82. The molecule has 2 rings (SSSR count). The number of hydrogen-bond donors (Lipinski definition) is 1. The Morgan fingerprint density at radius 1 is 1.29 bits per heavy atom. The summed E-state index contributed by atoms with van der Waals surface area (Å²) in [4.78, 5) is 15.5. The van der Waals surface area contributed by atoms with Crippen molar-refractivity contribution in [3.05, 3.63) is 48.5 Å². The second kappa shape index (κ2) is 6.43. The maximum atomic E-state index is 11.5. The van der Waals surface area contributed by atoms with E-state index in [2.05, 4.69) is 10.3 Å². The molecule has 5 nitrogen and oxygen atoms in total. The van der Waals surface area contributed by atoms with Gasteiger partial charge in [0.25, 0.3) is 0 Å². The molecule has 1 N–H and O–H groups in total. The van der Waals surface area contributed by atoms with Crippen LogP contribution in [-0.2, 0) is 11.2 Å². The van der Waals surface area contributed by atoms with Crippen molar-refractivity contribution in [2.45, 2.75) is 32.8 Å². The van der Waals surface area contributed by atoms with Gasteiger partial charge in [0.15, 0.2) is 0 Å². The highest BCUT2D eigenvalue weighted by molar-refractivity contribution is 5.67. The largest absolute Gasteiger partial charge is 0.444 e. The van der Waals surface area contributed by atoms with E-state index in [0.717, 1.165) is 17.7 Å². The number of aromatic nitrogens is 2. The third kappa shape index (κ3) is 4.95. The molecule has 1 heterocycles. The van der Waals surface area contributed by atoms with Gasteiger partial charge >= 0.3 is 6.09 Å². The molecule has 1 aromatic carbocycles. The van der Waals surface area contributed by atoms with Crippen LogP contribution in [0.3, 0.4) is 0 Å². The fourth-order valence-electron chi connectivity index (χ4n) is 1.87. The van der Waals surface area contributed by atoms with E-state index in [4.69, 9.17) is 4.74 Å². The summed E-state index contributed by atoms with van der Waals surface area (Å²) in [6.45, 7) is 6.10. The van der Waals surface area contributed by atoms with Gasteiger partial charge in [-0.25, -0.2) is 9.78 Å². The summed E-state index contributed by atoms with van der Waals surface area (Å²) >= 11 is 0. The summed E-state index contributed by atoms with van der Waals surface area (Å²) in [7, 11) is 0. The Labute approximate surface area is 125 Å². The van der Waals surface area contributed by atoms with E-state index in [-0.39, 0.29) is 6.09 Å². The zero-order chi connectivity index (χ0) is 15.3. The average molecular weight is 287 g/mol. The number of imidazole rings is 1. The first kappa shape index (κ1) is 15.1. The summed E-state index contributed by atoms with van der Waals surface area (Å²) in [5.41, 5.74) is 1.77. The summed E-state index contributed by atoms with van der Waals surface area (Å²) < 4.78 is 7.13. The van der Waals surface area contributed by atoms with E-state index in [0.29, 0.717) is 6.54 Å². The Kier molecular flexibility index (Phi) is 4.62. The molecular formula is C16H21N3O2. The number of amides is 1. The number of rotatable bonds is 4. The lowest BCUT2D eigenvalue weighted by molar-refractivity contribution is 0.0528. The quantitative estimate of drug-likeness (QED) is 0.940. The Balaban J connectivity index is 1.80. The topological polar surface area (TPSA) is 56.1 Å². The van der Waals surface area contributed by atoms with E-state index >= 15 is 0 Å². The van der Waals surface area contributed by atoms with Gasteiger partial charge in [-0.05, 0) is 44.9 Å². The first-order chi connectivity index (χ1) is 9.94. The van der Waals surface area contributed by atoms with Gasteiger partial charge in [0, 0.05) is 24.6 Å². The molecule has 0 aliphatic rings. The van der Waals surface area contributed by atoms with Crippen LogP contribution in [0.1, 0.15) is 26.3 Å². The number of alkyl carbamates (subject to hydrolysis) is 1. The van der Waals surface area contributed by atoms with Crippen molar-refractivity contribution in [2.24, 2.45) is 0 Å². The molecule has 0 atom stereocenters. The molecule has 0 aliphatic heterocycles. The maximum absolute atomic E-state index is 11.5. The molecule has 112 valence electrons. The Morgan fingerprint density at radius 2 is 2.00 bits per heavy atom. The van der Waals surface area contributed by atoms with Gasteiger partial charge < -0.3 is 14.6 Å². The summed E-state index contributed by atoms with van der Waals surface area (Å²) in [6, 6.07) is 8.16. The minimum absolute atomic E-state index is 0.377. The molecule has 0 spiro atoms. The number of benzene rings is 1. The number of ether oxygens (including phenoxy) is 1. The van der Waals surface area contributed by atoms with Crippen LogP contribution >= 0.6 is 0 Å². The number of carbonyl (C=O) groups is 1. The van der Waals surface area contributed by atoms with Crippen LogP contribution in [-0.4, -0.2) is 27.8 Å². The highest BCUT2D eigenvalue weighted by atomic mass is 16.6. The van der Waals surface area contributed by atoms with Gasteiger partial charge in [0.1, 0.15) is 5.60 Å². The highest BCUT2D eigenvalue weighted by Gasteiger charge is 2.15. The first-order valence-corrected chi connectivity index (χ1v) is 6.98. The van der Waals surface area contributed by atoms with Gasteiger partial charge in [0.2, 0.25) is 0 Å². The Bertz CT molecular complexity index is 569. The van der Waals surface area contributed by atoms with Crippen molar-refractivity contribution in [1.29, 1.82) is 0 Å². The molecule has 0 unspecified atom stereocenters. The molecule has 5 heteroatoms. The summed E-state index contributed by atoms with van der Waals surface area (Å²) in [6.07, 6.45) is 5.80. The number of nitrogens with zero attached hydrogens (tertiary/aromatic N) is 2. The standard InChI is InChI=1S/C16H21N3O2/c1-16(2,3)21-15(20)18-9-8-13-4-6-14(7-5-13)19-11-10-17-12-19/h4-7,10-12H,8-9H2,1-3H3,(H,18,20). The van der Waals surface area contributed by atoms with Crippen molar-refractivity contribution in [3.8, 4) is 5.69 Å². The third-order valence-corrected chi connectivity index (χ3v) is 2.82. The first-order valence-electron chi connectivity index (χ1n) is 6.98. The average Bonchev–Trinajstić information content (AvgIpc) is 2.91. The monoisotopic (exact) mass is 287 g/mol. The number of nitrogens with one attached hydrogen (secondary N) is 1. The molecule has 0 saturated carbocycles. The second-order valence-corrected chi connectivity index (χ2v) is 5.82. The van der Waals surface area contributed by atoms with Crippen LogP contribution in [0.4, 0.5) is 4.79 Å². The predicted octanol–water partition coefficient (Wildman–Crippen LogP) is 2.94. The molecule has 0 radical (unpaired) electrons. The maximum Gasteiger partial charge on any atom is 0.407 e. The normalized spacial score (nSPS) is 11.2. The molecule has 1 aromatic heterocycles. The van der Waals surface area contributed by atoms with E-state index in [1.54, 1.807) is 12.5 Å². The van der Waals surface area contributed by atoms with E-state index in [9.17, 15) is 4.79 Å². The van der Waals surface area contributed by atoms with Crippen LogP contribution < -0.4 is 5.32 Å². The van der Waals surface area contributed by atoms with Crippen LogP contribution in [0.15, 0.2) is 43.0 Å². The summed E-state index contributed by atoms with van der Waals surface area (Å²) in [5, 5.41) is 2.75. The lowest BCUT2D eigenvalue weighted by atomic mass is 10.1. The Morgan fingerprint density at radius 3 is 2.57 bits per heavy atom. The molecule has 2 aromatic rings. The lowest BCUT2D eigenvalue weighted by Gasteiger charge is -2.19. The highest BCUT2D eigenvalue weighted by Crippen LogP contribution is 2.10. The molecule has 0 saturated heterocycles. The molecule has 0 aliphatic carbocycles. The van der Waals surface area contributed by atoms with Crippen LogP contribution in [0.5, 0.6) is 0 Å². The molecule has 0 fully saturated rings. The van der Waals surface area contributed by atoms with Crippen molar-refractivity contribution in [2.75, 3.05) is 6.54 Å². The fourth-order valence-corrected chi connectivity index (χ4v) is 1.87. The van der Waals surface area contributed by atoms with Crippen LogP contribution in [0, 0.1) is 0 Å². The summed E-state index contributed by atoms with van der Waals surface area (Å²) in [5.74, 6) is 0. The molecule has 1 amide bonds. The van der Waals surface area contributed by atoms with Crippen molar-refractivity contribution < 1.29 is 9.53 Å². The van der Waals surface area contributed by atoms with E-state index in [1.807, 2.05) is 55.8 Å². The minimum atomic E-state index is -0.462. The Hall–Kier alpha value is -2.30. The SMILES string of the molecule is CC(C)(C)OC(=O)NCCc1ccc(-n2ccnc2)cc1. The number of hydrogen-bond acceptors (Lipinski definition) is 3. The minimum Gasteiger partial charge on any atom is -0.444 e. The zero-order valence-electron chi connectivity index (χ0n) is 12.7. The lowest BCUT2D eigenvalue weighted by Crippen LogP contribution is -2.33. The molecular weight excluding hydrogens is 266 g/mol. The van der Waals surface area contributed by atoms with Gasteiger partial charge in [-0.3, -0.25) is 0 Å².